The first-order chi connectivity index (χ1) is 9.70. The maximum atomic E-state index is 12.6. The Morgan fingerprint density at radius 3 is 2.67 bits per heavy atom. The van der Waals surface area contributed by atoms with Crippen LogP contribution in [0.25, 0.3) is 0 Å². The summed E-state index contributed by atoms with van der Waals surface area (Å²) in [7, 11) is 0. The first-order valence-corrected chi connectivity index (χ1v) is 6.62. The van der Waals surface area contributed by atoms with Crippen molar-refractivity contribution in [3.8, 4) is 0 Å². The van der Waals surface area contributed by atoms with Gasteiger partial charge in [0.1, 0.15) is 0 Å². The van der Waals surface area contributed by atoms with E-state index in [0.29, 0.717) is 11.5 Å². The number of hydrogen-bond donors (Lipinski definition) is 1. The van der Waals surface area contributed by atoms with Gasteiger partial charge in [-0.05, 0) is 37.6 Å². The van der Waals surface area contributed by atoms with Crippen molar-refractivity contribution in [3.05, 3.63) is 58.7 Å². The zero-order valence-electron chi connectivity index (χ0n) is 11.2. The fourth-order valence-electron chi connectivity index (χ4n) is 1.97. The molecule has 0 aromatic heterocycles. The van der Waals surface area contributed by atoms with Gasteiger partial charge in [-0.3, -0.25) is 4.79 Å². The lowest BCUT2D eigenvalue weighted by atomic mass is 9.93. The number of hydrogen-bond acceptors (Lipinski definition) is 1. The van der Waals surface area contributed by atoms with Crippen molar-refractivity contribution in [2.24, 2.45) is 0 Å². The second-order valence-electron chi connectivity index (χ2n) is 5.08. The summed E-state index contributed by atoms with van der Waals surface area (Å²) in [4.78, 5) is 12.1. The van der Waals surface area contributed by atoms with Gasteiger partial charge in [0.25, 0.3) is 5.91 Å². The second kappa shape index (κ2) is 5.56. The van der Waals surface area contributed by atoms with Crippen LogP contribution in [0.4, 0.5) is 13.2 Å². The fourth-order valence-corrected chi connectivity index (χ4v) is 2.11. The number of nitrogens with one attached hydrogen (secondary N) is 1. The zero-order chi connectivity index (χ0) is 15.7. The Labute approximate surface area is 125 Å². The van der Waals surface area contributed by atoms with Gasteiger partial charge in [-0.25, -0.2) is 0 Å². The minimum Gasteiger partial charge on any atom is -0.343 e. The second-order valence-corrected chi connectivity index (χ2v) is 5.51. The minimum absolute atomic E-state index is 0.0277. The lowest BCUT2D eigenvalue weighted by Gasteiger charge is -2.28. The van der Waals surface area contributed by atoms with Crippen molar-refractivity contribution in [1.82, 2.24) is 5.32 Å². The van der Waals surface area contributed by atoms with Crippen LogP contribution in [0, 0.1) is 0 Å². The van der Waals surface area contributed by atoms with E-state index in [1.807, 2.05) is 0 Å². The Bertz CT molecular complexity index is 622. The molecule has 112 valence electrons. The Morgan fingerprint density at radius 2 is 2.10 bits per heavy atom. The molecule has 0 radical (unpaired) electrons. The molecule has 1 aliphatic rings. The summed E-state index contributed by atoms with van der Waals surface area (Å²) in [6.45, 7) is 1.77. The van der Waals surface area contributed by atoms with Gasteiger partial charge in [0, 0.05) is 10.6 Å². The average molecular weight is 316 g/mol. The topological polar surface area (TPSA) is 29.1 Å². The summed E-state index contributed by atoms with van der Waals surface area (Å²) in [6, 6.07) is 4.34. The first kappa shape index (κ1) is 15.6. The highest BCUT2D eigenvalue weighted by Gasteiger charge is 2.31. The number of rotatable bonds is 2. The van der Waals surface area contributed by atoms with Crippen LogP contribution in [0.2, 0.25) is 0 Å². The third-order valence-electron chi connectivity index (χ3n) is 3.18. The molecule has 21 heavy (non-hydrogen) atoms. The van der Waals surface area contributed by atoms with E-state index < -0.39 is 23.2 Å². The van der Waals surface area contributed by atoms with E-state index in [1.165, 1.54) is 12.1 Å². The molecule has 1 amide bonds. The Morgan fingerprint density at radius 1 is 1.38 bits per heavy atom. The van der Waals surface area contributed by atoms with Crippen molar-refractivity contribution >= 4 is 17.5 Å². The molecule has 1 aliphatic carbocycles. The van der Waals surface area contributed by atoms with Crippen LogP contribution in [0.5, 0.6) is 0 Å². The molecule has 1 N–H and O–H groups in total. The molecule has 0 saturated heterocycles. The number of benzene rings is 1. The molecule has 6 heteroatoms. The van der Waals surface area contributed by atoms with E-state index in [0.717, 1.165) is 12.1 Å². The lowest BCUT2D eigenvalue weighted by Crippen LogP contribution is -2.44. The normalized spacial score (nSPS) is 21.9. The van der Waals surface area contributed by atoms with Crippen LogP contribution in [0.15, 0.2) is 47.5 Å². The molecule has 0 saturated carbocycles. The molecular formula is C15H13ClF3NO. The molecule has 2 nitrogen and oxygen atoms in total. The molecule has 1 unspecified atom stereocenters. The maximum absolute atomic E-state index is 12.6. The third-order valence-corrected chi connectivity index (χ3v) is 3.46. The van der Waals surface area contributed by atoms with Crippen molar-refractivity contribution in [1.29, 1.82) is 0 Å². The van der Waals surface area contributed by atoms with Crippen LogP contribution in [0.1, 0.15) is 29.3 Å². The summed E-state index contributed by atoms with van der Waals surface area (Å²) in [5, 5.41) is 3.28. The van der Waals surface area contributed by atoms with E-state index >= 15 is 0 Å². The molecular weight excluding hydrogens is 303 g/mol. The highest BCUT2D eigenvalue weighted by molar-refractivity contribution is 6.31. The summed E-state index contributed by atoms with van der Waals surface area (Å²) in [5.74, 6) is -0.556. The van der Waals surface area contributed by atoms with Crippen molar-refractivity contribution in [3.63, 3.8) is 0 Å². The number of carbonyl (C=O) groups excluding carboxylic acids is 1. The molecule has 0 heterocycles. The van der Waals surface area contributed by atoms with Gasteiger partial charge in [0.05, 0.1) is 11.1 Å². The minimum atomic E-state index is -4.47. The quantitative estimate of drug-likeness (QED) is 0.867. The van der Waals surface area contributed by atoms with E-state index in [2.05, 4.69) is 5.32 Å². The van der Waals surface area contributed by atoms with Gasteiger partial charge in [-0.15, -0.1) is 0 Å². The summed E-state index contributed by atoms with van der Waals surface area (Å²) in [6.07, 6.45) is 1.13. The fraction of sp³-hybridized carbons (Fsp3) is 0.267. The van der Waals surface area contributed by atoms with Crippen LogP contribution in [0.3, 0.4) is 0 Å². The average Bonchev–Trinajstić information content (AvgIpc) is 2.42. The zero-order valence-corrected chi connectivity index (χ0v) is 11.9. The standard InChI is InChI=1S/C15H13ClF3NO/c1-14(7-5-12(16)6-8-14)20-13(21)10-3-2-4-11(9-10)15(17,18)19/h2-7,9H,8H2,1H3,(H,20,21). The largest absolute Gasteiger partial charge is 0.416 e. The van der Waals surface area contributed by atoms with Gasteiger partial charge in [-0.2, -0.15) is 13.2 Å². The Balaban J connectivity index is 2.16. The molecule has 1 aromatic carbocycles. The van der Waals surface area contributed by atoms with Crippen LogP contribution in [-0.2, 0) is 6.18 Å². The predicted octanol–water partition coefficient (Wildman–Crippen LogP) is 4.28. The van der Waals surface area contributed by atoms with Crippen molar-refractivity contribution in [2.75, 3.05) is 0 Å². The maximum Gasteiger partial charge on any atom is 0.416 e. The Kier molecular flexibility index (Phi) is 4.14. The van der Waals surface area contributed by atoms with Gasteiger partial charge in [0.2, 0.25) is 0 Å². The van der Waals surface area contributed by atoms with Crippen LogP contribution in [-0.4, -0.2) is 11.4 Å². The van der Waals surface area contributed by atoms with Gasteiger partial charge >= 0.3 is 6.18 Å². The summed E-state index contributed by atoms with van der Waals surface area (Å²) in [5.41, 5.74) is -1.54. The predicted molar refractivity (Wildman–Crippen MR) is 75.0 cm³/mol. The Hall–Kier alpha value is -1.75. The van der Waals surface area contributed by atoms with Crippen LogP contribution >= 0.6 is 11.6 Å². The van der Waals surface area contributed by atoms with Crippen molar-refractivity contribution < 1.29 is 18.0 Å². The summed E-state index contributed by atoms with van der Waals surface area (Å²) >= 11 is 5.81. The molecule has 0 aliphatic heterocycles. The van der Waals surface area contributed by atoms with Gasteiger partial charge in [-0.1, -0.05) is 29.8 Å². The van der Waals surface area contributed by atoms with Gasteiger partial charge in [0.15, 0.2) is 0 Å². The van der Waals surface area contributed by atoms with E-state index in [9.17, 15) is 18.0 Å². The van der Waals surface area contributed by atoms with Gasteiger partial charge < -0.3 is 5.32 Å². The molecule has 0 bridgehead atoms. The molecule has 1 aromatic rings. The molecule has 0 fully saturated rings. The highest BCUT2D eigenvalue weighted by Crippen LogP contribution is 2.30. The van der Waals surface area contributed by atoms with Crippen molar-refractivity contribution in [2.45, 2.75) is 25.1 Å². The number of carbonyl (C=O) groups is 1. The SMILES string of the molecule is CC1(NC(=O)c2cccc(C(F)(F)F)c2)C=CC(Cl)=CC1. The number of amides is 1. The molecule has 1 atom stereocenters. The summed E-state index contributed by atoms with van der Waals surface area (Å²) < 4.78 is 37.9. The molecule has 2 rings (SSSR count). The smallest absolute Gasteiger partial charge is 0.343 e. The third kappa shape index (κ3) is 3.88. The highest BCUT2D eigenvalue weighted by atomic mass is 35.5. The van der Waals surface area contributed by atoms with E-state index in [4.69, 9.17) is 11.6 Å². The van der Waals surface area contributed by atoms with Crippen LogP contribution < -0.4 is 5.32 Å². The van der Waals surface area contributed by atoms with E-state index in [-0.39, 0.29) is 5.56 Å². The van der Waals surface area contributed by atoms with E-state index in [1.54, 1.807) is 25.2 Å². The molecule has 0 spiro atoms. The monoisotopic (exact) mass is 315 g/mol. The lowest BCUT2D eigenvalue weighted by molar-refractivity contribution is -0.137. The number of allylic oxidation sites excluding steroid dienone is 2. The number of alkyl halides is 3. The first-order valence-electron chi connectivity index (χ1n) is 6.24. The number of halogens is 4.